The van der Waals surface area contributed by atoms with Gasteiger partial charge in [0, 0.05) is 45.3 Å². The van der Waals surface area contributed by atoms with Crippen molar-refractivity contribution in [3.63, 3.8) is 0 Å². The Balaban J connectivity index is 1.77. The highest BCUT2D eigenvalue weighted by molar-refractivity contribution is 5.14. The predicted octanol–water partition coefficient (Wildman–Crippen LogP) is 2.22. The van der Waals surface area contributed by atoms with E-state index in [1.165, 1.54) is 44.7 Å². The summed E-state index contributed by atoms with van der Waals surface area (Å²) >= 11 is 0. The van der Waals surface area contributed by atoms with Crippen LogP contribution in [0.3, 0.4) is 0 Å². The summed E-state index contributed by atoms with van der Waals surface area (Å²) in [5.41, 5.74) is 7.45. The van der Waals surface area contributed by atoms with Crippen LogP contribution in [0.2, 0.25) is 0 Å². The number of nitrogens with zero attached hydrogens (tertiary/aromatic N) is 2. The zero-order valence-electron chi connectivity index (χ0n) is 13.7. The maximum absolute atomic E-state index is 6.03. The monoisotopic (exact) mass is 289 g/mol. The van der Waals surface area contributed by atoms with Gasteiger partial charge in [-0.1, -0.05) is 44.2 Å². The Bertz CT molecular complexity index is 383. The molecule has 0 amide bonds. The van der Waals surface area contributed by atoms with E-state index in [0.29, 0.717) is 6.04 Å². The van der Waals surface area contributed by atoms with Gasteiger partial charge in [-0.2, -0.15) is 0 Å². The van der Waals surface area contributed by atoms with E-state index in [1.807, 2.05) is 0 Å². The van der Waals surface area contributed by atoms with Crippen molar-refractivity contribution in [1.29, 1.82) is 0 Å². The molecule has 1 aliphatic heterocycles. The van der Waals surface area contributed by atoms with Crippen LogP contribution in [0.25, 0.3) is 0 Å². The van der Waals surface area contributed by atoms with Crippen LogP contribution in [0.4, 0.5) is 0 Å². The number of nitrogens with two attached hydrogens (primary N) is 1. The molecule has 2 rings (SSSR count). The first-order valence-electron chi connectivity index (χ1n) is 8.39. The first-order valence-corrected chi connectivity index (χ1v) is 8.39. The standard InChI is InChI=1S/C18H31N3/c1-16(2)15-20-10-12-21(13-11-20)18(14-19)9-8-17-6-4-3-5-7-17/h3-7,16,18H,8-15,19H2,1-2H3. The third kappa shape index (κ3) is 5.42. The first kappa shape index (κ1) is 16.5. The highest BCUT2D eigenvalue weighted by Crippen LogP contribution is 2.13. The molecule has 21 heavy (non-hydrogen) atoms. The minimum Gasteiger partial charge on any atom is -0.329 e. The minimum absolute atomic E-state index is 0.534. The number of piperazine rings is 1. The summed E-state index contributed by atoms with van der Waals surface area (Å²) in [6, 6.07) is 11.3. The van der Waals surface area contributed by atoms with Crippen LogP contribution < -0.4 is 5.73 Å². The highest BCUT2D eigenvalue weighted by atomic mass is 15.3. The molecule has 3 nitrogen and oxygen atoms in total. The fraction of sp³-hybridized carbons (Fsp3) is 0.667. The Kier molecular flexibility index (Phi) is 6.68. The second kappa shape index (κ2) is 8.52. The van der Waals surface area contributed by atoms with Crippen LogP contribution in [-0.2, 0) is 6.42 Å². The van der Waals surface area contributed by atoms with Crippen molar-refractivity contribution in [2.45, 2.75) is 32.7 Å². The molecule has 118 valence electrons. The van der Waals surface area contributed by atoms with Gasteiger partial charge in [0.2, 0.25) is 0 Å². The molecule has 1 aromatic carbocycles. The molecule has 1 aromatic rings. The van der Waals surface area contributed by atoms with Gasteiger partial charge in [-0.15, -0.1) is 0 Å². The van der Waals surface area contributed by atoms with Crippen LogP contribution in [0.1, 0.15) is 25.8 Å². The van der Waals surface area contributed by atoms with E-state index in [2.05, 4.69) is 54.0 Å². The number of benzene rings is 1. The van der Waals surface area contributed by atoms with Crippen molar-refractivity contribution in [1.82, 2.24) is 9.80 Å². The zero-order valence-corrected chi connectivity index (χ0v) is 13.7. The summed E-state index contributed by atoms with van der Waals surface area (Å²) in [5, 5.41) is 0. The third-order valence-electron chi connectivity index (χ3n) is 4.43. The van der Waals surface area contributed by atoms with Crippen LogP contribution in [0.15, 0.2) is 30.3 Å². The summed E-state index contributed by atoms with van der Waals surface area (Å²) < 4.78 is 0. The maximum Gasteiger partial charge on any atom is 0.0222 e. The van der Waals surface area contributed by atoms with Crippen LogP contribution >= 0.6 is 0 Å². The molecule has 1 fully saturated rings. The van der Waals surface area contributed by atoms with Gasteiger partial charge in [-0.3, -0.25) is 4.90 Å². The van der Waals surface area contributed by atoms with Crippen molar-refractivity contribution in [3.05, 3.63) is 35.9 Å². The largest absolute Gasteiger partial charge is 0.329 e. The van der Waals surface area contributed by atoms with Crippen LogP contribution in [-0.4, -0.2) is 55.1 Å². The molecule has 1 saturated heterocycles. The van der Waals surface area contributed by atoms with Gasteiger partial charge in [0.15, 0.2) is 0 Å². The summed E-state index contributed by atoms with van der Waals surface area (Å²) in [6.07, 6.45) is 2.31. The second-order valence-corrected chi connectivity index (χ2v) is 6.64. The van der Waals surface area contributed by atoms with Gasteiger partial charge in [0.1, 0.15) is 0 Å². The van der Waals surface area contributed by atoms with Crippen molar-refractivity contribution in [3.8, 4) is 0 Å². The topological polar surface area (TPSA) is 32.5 Å². The number of hydrogen-bond acceptors (Lipinski definition) is 3. The lowest BCUT2D eigenvalue weighted by Crippen LogP contribution is -2.52. The van der Waals surface area contributed by atoms with Gasteiger partial charge in [-0.25, -0.2) is 0 Å². The summed E-state index contributed by atoms with van der Waals surface area (Å²) in [7, 11) is 0. The molecule has 1 unspecified atom stereocenters. The Morgan fingerprint density at radius 2 is 1.71 bits per heavy atom. The van der Waals surface area contributed by atoms with Crippen molar-refractivity contribution in [2.24, 2.45) is 11.7 Å². The SMILES string of the molecule is CC(C)CN1CCN(C(CN)CCc2ccccc2)CC1. The Hall–Kier alpha value is -0.900. The lowest BCUT2D eigenvalue weighted by Gasteiger charge is -2.39. The highest BCUT2D eigenvalue weighted by Gasteiger charge is 2.22. The lowest BCUT2D eigenvalue weighted by atomic mass is 10.0. The molecule has 1 heterocycles. The maximum atomic E-state index is 6.03. The third-order valence-corrected chi connectivity index (χ3v) is 4.43. The van der Waals surface area contributed by atoms with Crippen molar-refractivity contribution in [2.75, 3.05) is 39.3 Å². The van der Waals surface area contributed by atoms with Gasteiger partial charge in [0.05, 0.1) is 0 Å². The van der Waals surface area contributed by atoms with Gasteiger partial charge in [0.25, 0.3) is 0 Å². The molecule has 0 spiro atoms. The second-order valence-electron chi connectivity index (χ2n) is 6.64. The normalized spacial score (nSPS) is 19.0. The Morgan fingerprint density at radius 3 is 2.29 bits per heavy atom. The van der Waals surface area contributed by atoms with Gasteiger partial charge in [-0.05, 0) is 24.3 Å². The lowest BCUT2D eigenvalue weighted by molar-refractivity contribution is 0.0882. The van der Waals surface area contributed by atoms with E-state index in [-0.39, 0.29) is 0 Å². The molecule has 1 atom stereocenters. The predicted molar refractivity (Wildman–Crippen MR) is 90.5 cm³/mol. The van der Waals surface area contributed by atoms with E-state index >= 15 is 0 Å². The molecule has 3 heteroatoms. The van der Waals surface area contributed by atoms with E-state index < -0.39 is 0 Å². The fourth-order valence-corrected chi connectivity index (χ4v) is 3.25. The fourth-order valence-electron chi connectivity index (χ4n) is 3.25. The van der Waals surface area contributed by atoms with Crippen molar-refractivity contribution >= 4 is 0 Å². The van der Waals surface area contributed by atoms with Crippen molar-refractivity contribution < 1.29 is 0 Å². The quantitative estimate of drug-likeness (QED) is 0.835. The minimum atomic E-state index is 0.534. The molecule has 0 saturated carbocycles. The average molecular weight is 289 g/mol. The molecule has 2 N–H and O–H groups in total. The Labute approximate surface area is 130 Å². The van der Waals surface area contributed by atoms with Gasteiger partial charge >= 0.3 is 0 Å². The van der Waals surface area contributed by atoms with Gasteiger partial charge < -0.3 is 10.6 Å². The molecule has 0 aromatic heterocycles. The summed E-state index contributed by atoms with van der Waals surface area (Å²) in [6.45, 7) is 11.3. The molecule has 0 aliphatic carbocycles. The van der Waals surface area contributed by atoms with E-state index in [9.17, 15) is 0 Å². The van der Waals surface area contributed by atoms with E-state index in [1.54, 1.807) is 0 Å². The van der Waals surface area contributed by atoms with E-state index in [4.69, 9.17) is 5.73 Å². The molecular weight excluding hydrogens is 258 g/mol. The summed E-state index contributed by atoms with van der Waals surface area (Å²) in [4.78, 5) is 5.19. The van der Waals surface area contributed by atoms with Crippen LogP contribution in [0.5, 0.6) is 0 Å². The van der Waals surface area contributed by atoms with Crippen LogP contribution in [0, 0.1) is 5.92 Å². The number of rotatable bonds is 7. The molecular formula is C18H31N3. The smallest absolute Gasteiger partial charge is 0.0222 e. The Morgan fingerprint density at radius 1 is 1.05 bits per heavy atom. The zero-order chi connectivity index (χ0) is 15.1. The molecule has 0 radical (unpaired) electrons. The molecule has 0 bridgehead atoms. The average Bonchev–Trinajstić information content (AvgIpc) is 2.50. The summed E-state index contributed by atoms with van der Waals surface area (Å²) in [5.74, 6) is 0.764. The molecule has 1 aliphatic rings. The number of hydrogen-bond donors (Lipinski definition) is 1. The van der Waals surface area contributed by atoms with E-state index in [0.717, 1.165) is 18.9 Å². The number of aryl methyl sites for hydroxylation is 1. The first-order chi connectivity index (χ1) is 10.2.